The van der Waals surface area contributed by atoms with Crippen molar-refractivity contribution < 1.29 is 9.21 Å². The van der Waals surface area contributed by atoms with Gasteiger partial charge in [-0.25, -0.2) is 4.79 Å². The Morgan fingerprint density at radius 1 is 1.19 bits per heavy atom. The molecule has 0 bridgehead atoms. The summed E-state index contributed by atoms with van der Waals surface area (Å²) in [5, 5.41) is 0.800. The maximum atomic E-state index is 12.2. The first-order valence-corrected chi connectivity index (χ1v) is 6.34. The molecule has 6 nitrogen and oxygen atoms in total. The molecule has 2 heterocycles. The molecule has 0 spiro atoms. The Kier molecular flexibility index (Phi) is 3.06. The second kappa shape index (κ2) is 4.90. The molecule has 2 aromatic heterocycles. The van der Waals surface area contributed by atoms with Gasteiger partial charge in [-0.1, -0.05) is 18.2 Å². The quantitative estimate of drug-likeness (QED) is 0.677. The van der Waals surface area contributed by atoms with Crippen molar-refractivity contribution in [3.05, 3.63) is 69.2 Å². The molecule has 106 valence electrons. The van der Waals surface area contributed by atoms with Gasteiger partial charge in [0.1, 0.15) is 5.58 Å². The molecule has 0 unspecified atom stereocenters. The maximum Gasteiger partial charge on any atom is 0.331 e. The summed E-state index contributed by atoms with van der Waals surface area (Å²) >= 11 is 0. The first kappa shape index (κ1) is 13.1. The molecule has 0 radical (unpaired) electrons. The Morgan fingerprint density at radius 2 is 1.95 bits per heavy atom. The van der Waals surface area contributed by atoms with E-state index in [4.69, 9.17) is 4.42 Å². The molecule has 1 aromatic carbocycles. The molecule has 3 aromatic rings. The van der Waals surface area contributed by atoms with E-state index >= 15 is 0 Å². The third-order valence-corrected chi connectivity index (χ3v) is 3.24. The molecule has 0 aliphatic heterocycles. The first-order valence-electron chi connectivity index (χ1n) is 6.34. The molecule has 0 atom stereocenters. The highest BCUT2D eigenvalue weighted by molar-refractivity contribution is 5.97. The maximum absolute atomic E-state index is 12.2. The van der Waals surface area contributed by atoms with Crippen LogP contribution < -0.4 is 11.2 Å². The average molecular weight is 284 g/mol. The highest BCUT2D eigenvalue weighted by atomic mass is 16.3. The first-order chi connectivity index (χ1) is 10.1. The highest BCUT2D eigenvalue weighted by Crippen LogP contribution is 2.19. The highest BCUT2D eigenvalue weighted by Gasteiger charge is 2.15. The number of para-hydroxylation sites is 1. The van der Waals surface area contributed by atoms with Crippen molar-refractivity contribution in [2.75, 3.05) is 0 Å². The summed E-state index contributed by atoms with van der Waals surface area (Å²) in [6.45, 7) is -0.341. The van der Waals surface area contributed by atoms with Crippen LogP contribution in [0.3, 0.4) is 0 Å². The summed E-state index contributed by atoms with van der Waals surface area (Å²) in [5.41, 5.74) is -0.455. The van der Waals surface area contributed by atoms with Gasteiger partial charge in [-0.2, -0.15) is 0 Å². The van der Waals surface area contributed by atoms with Crippen molar-refractivity contribution in [3.63, 3.8) is 0 Å². The Balaban J connectivity index is 1.99. The number of hydrogen-bond acceptors (Lipinski definition) is 4. The molecule has 6 heteroatoms. The number of aryl methyl sites for hydroxylation is 1. The number of hydrogen-bond donors (Lipinski definition) is 0. The third kappa shape index (κ3) is 2.31. The lowest BCUT2D eigenvalue weighted by molar-refractivity contribution is 0.0943. The van der Waals surface area contributed by atoms with Crippen LogP contribution in [-0.4, -0.2) is 14.9 Å². The van der Waals surface area contributed by atoms with Crippen LogP contribution in [0.5, 0.6) is 0 Å². The zero-order valence-electron chi connectivity index (χ0n) is 11.3. The fraction of sp³-hybridized carbons (Fsp3) is 0.133. The van der Waals surface area contributed by atoms with E-state index in [0.29, 0.717) is 5.58 Å². The van der Waals surface area contributed by atoms with E-state index in [9.17, 15) is 14.4 Å². The van der Waals surface area contributed by atoms with Crippen LogP contribution in [0, 0.1) is 0 Å². The van der Waals surface area contributed by atoms with Crippen LogP contribution in [0.15, 0.2) is 56.6 Å². The van der Waals surface area contributed by atoms with Gasteiger partial charge in [-0.15, -0.1) is 0 Å². The van der Waals surface area contributed by atoms with Crippen LogP contribution in [0.1, 0.15) is 10.6 Å². The van der Waals surface area contributed by atoms with Crippen molar-refractivity contribution in [2.24, 2.45) is 7.05 Å². The van der Waals surface area contributed by atoms with E-state index in [0.717, 1.165) is 9.95 Å². The predicted molar refractivity (Wildman–Crippen MR) is 76.5 cm³/mol. The van der Waals surface area contributed by atoms with Crippen LogP contribution in [-0.2, 0) is 13.6 Å². The van der Waals surface area contributed by atoms with Crippen molar-refractivity contribution in [2.45, 2.75) is 6.54 Å². The number of Topliss-reactive ketones (excluding diaryl/α,β-unsaturated/α-hetero) is 1. The SMILES string of the molecule is Cn1ccc(=O)n(CC(=O)c2cc3ccccc3o2)c1=O. The number of nitrogens with zero attached hydrogens (tertiary/aromatic N) is 2. The molecule has 0 aliphatic carbocycles. The topological polar surface area (TPSA) is 74.2 Å². The predicted octanol–water partition coefficient (Wildman–Crippen LogP) is 1.18. The van der Waals surface area contributed by atoms with Gasteiger partial charge >= 0.3 is 5.69 Å². The molecule has 3 rings (SSSR count). The minimum Gasteiger partial charge on any atom is -0.453 e. The van der Waals surface area contributed by atoms with E-state index in [1.165, 1.54) is 23.9 Å². The van der Waals surface area contributed by atoms with Gasteiger partial charge in [0.25, 0.3) is 5.56 Å². The lowest BCUT2D eigenvalue weighted by atomic mass is 10.2. The van der Waals surface area contributed by atoms with Gasteiger partial charge in [0.05, 0.1) is 6.54 Å². The lowest BCUT2D eigenvalue weighted by Crippen LogP contribution is -2.39. The molecule has 0 N–H and O–H groups in total. The van der Waals surface area contributed by atoms with Crippen LogP contribution >= 0.6 is 0 Å². The van der Waals surface area contributed by atoms with Gasteiger partial charge < -0.3 is 8.98 Å². The molecular formula is C15H12N2O4. The largest absolute Gasteiger partial charge is 0.453 e. The Hall–Kier alpha value is -2.89. The van der Waals surface area contributed by atoms with Crippen molar-refractivity contribution >= 4 is 16.8 Å². The molecule has 0 fully saturated rings. The summed E-state index contributed by atoms with van der Waals surface area (Å²) in [5.74, 6) is -0.286. The van der Waals surface area contributed by atoms with Crippen LogP contribution in [0.25, 0.3) is 11.0 Å². The van der Waals surface area contributed by atoms with Gasteiger partial charge in [0.2, 0.25) is 5.78 Å². The number of ketones is 1. The summed E-state index contributed by atoms with van der Waals surface area (Å²) in [6, 6.07) is 10.1. The second-order valence-electron chi connectivity index (χ2n) is 4.71. The second-order valence-corrected chi connectivity index (χ2v) is 4.71. The molecule has 0 saturated heterocycles. The van der Waals surface area contributed by atoms with Gasteiger partial charge in [-0.3, -0.25) is 14.2 Å². The Labute approximate surface area is 118 Å². The lowest BCUT2D eigenvalue weighted by Gasteiger charge is -2.04. The third-order valence-electron chi connectivity index (χ3n) is 3.24. The number of carbonyl (C=O) groups excluding carboxylic acids is 1. The Bertz CT molecular complexity index is 913. The standard InChI is InChI=1S/C15H12N2O4/c1-16-7-6-14(19)17(15(16)20)9-11(18)13-8-10-4-2-3-5-12(10)21-13/h2-8H,9H2,1H3. The fourth-order valence-corrected chi connectivity index (χ4v) is 2.10. The summed E-state index contributed by atoms with van der Waals surface area (Å²) < 4.78 is 7.57. The molecule has 0 amide bonds. The minimum absolute atomic E-state index is 0.133. The average Bonchev–Trinajstić information content (AvgIpc) is 2.91. The van der Waals surface area contributed by atoms with E-state index in [2.05, 4.69) is 0 Å². The summed E-state index contributed by atoms with van der Waals surface area (Å²) in [7, 11) is 1.52. The van der Waals surface area contributed by atoms with Crippen molar-refractivity contribution in [1.29, 1.82) is 0 Å². The summed E-state index contributed by atoms with van der Waals surface area (Å²) in [4.78, 5) is 35.8. The van der Waals surface area contributed by atoms with Crippen LogP contribution in [0.4, 0.5) is 0 Å². The smallest absolute Gasteiger partial charge is 0.331 e. The van der Waals surface area contributed by atoms with E-state index in [1.54, 1.807) is 18.2 Å². The zero-order chi connectivity index (χ0) is 15.0. The summed E-state index contributed by atoms with van der Waals surface area (Å²) in [6.07, 6.45) is 1.37. The van der Waals surface area contributed by atoms with Gasteiger partial charge in [0.15, 0.2) is 5.76 Å². The van der Waals surface area contributed by atoms with E-state index in [1.807, 2.05) is 12.1 Å². The fourth-order valence-electron chi connectivity index (χ4n) is 2.10. The number of carbonyl (C=O) groups is 1. The molecule has 21 heavy (non-hydrogen) atoms. The molecule has 0 aliphatic rings. The number of fused-ring (bicyclic) bond motifs is 1. The van der Waals surface area contributed by atoms with E-state index in [-0.39, 0.29) is 12.3 Å². The normalized spacial score (nSPS) is 10.9. The number of aromatic nitrogens is 2. The zero-order valence-corrected chi connectivity index (χ0v) is 11.3. The van der Waals surface area contributed by atoms with Gasteiger partial charge in [-0.05, 0) is 12.1 Å². The van der Waals surface area contributed by atoms with E-state index < -0.39 is 17.0 Å². The van der Waals surface area contributed by atoms with Crippen molar-refractivity contribution in [1.82, 2.24) is 9.13 Å². The molecule has 0 saturated carbocycles. The number of furan rings is 1. The monoisotopic (exact) mass is 284 g/mol. The number of benzene rings is 1. The Morgan fingerprint density at radius 3 is 2.71 bits per heavy atom. The van der Waals surface area contributed by atoms with Gasteiger partial charge in [0, 0.05) is 24.7 Å². The van der Waals surface area contributed by atoms with Crippen molar-refractivity contribution in [3.8, 4) is 0 Å². The van der Waals surface area contributed by atoms with Crippen LogP contribution in [0.2, 0.25) is 0 Å². The number of rotatable bonds is 3. The molecular weight excluding hydrogens is 272 g/mol. The minimum atomic E-state index is -0.535.